The van der Waals surface area contributed by atoms with Crippen LogP contribution in [0.3, 0.4) is 0 Å². The maximum atomic E-state index is 5.15. The molecule has 0 heterocycles. The van der Waals surface area contributed by atoms with Crippen LogP contribution in [0.4, 0.5) is 0 Å². The Kier molecular flexibility index (Phi) is 4.94. The van der Waals surface area contributed by atoms with Crippen molar-refractivity contribution >= 4 is 16.5 Å². The fourth-order valence-corrected chi connectivity index (χ4v) is 10.5. The van der Waals surface area contributed by atoms with Crippen molar-refractivity contribution in [3.8, 4) is 0 Å². The van der Waals surface area contributed by atoms with E-state index in [1.165, 1.54) is 0 Å². The van der Waals surface area contributed by atoms with E-state index in [9.17, 15) is 0 Å². The molecule has 0 saturated heterocycles. The van der Waals surface area contributed by atoms with Gasteiger partial charge in [-0.25, -0.2) is 0 Å². The molecule has 0 aliphatic carbocycles. The van der Waals surface area contributed by atoms with Crippen LogP contribution in [0, 0.1) is 6.26 Å². The third kappa shape index (κ3) is 4.86. The second-order valence-electron chi connectivity index (χ2n) is 5.39. The van der Waals surface area contributed by atoms with Gasteiger partial charge in [0.25, 0.3) is 0 Å². The van der Waals surface area contributed by atoms with Gasteiger partial charge in [-0.2, -0.15) is 0 Å². The SMILES string of the molecule is CCO[C]=CN([Si](C)(C)C)[Si](C)(C)C. The number of hydrogen-bond acceptors (Lipinski definition) is 2. The molecule has 14 heavy (non-hydrogen) atoms. The summed E-state index contributed by atoms with van der Waals surface area (Å²) in [5, 5.41) is 0. The number of rotatable bonds is 5. The molecule has 0 aromatic heterocycles. The largest absolute Gasteiger partial charge is 0.488 e. The minimum Gasteiger partial charge on any atom is -0.488 e. The molecule has 0 fully saturated rings. The average Bonchev–Trinajstić information content (AvgIpc) is 1.92. The van der Waals surface area contributed by atoms with Crippen LogP contribution in [0.15, 0.2) is 6.20 Å². The molecule has 0 aliphatic heterocycles. The van der Waals surface area contributed by atoms with E-state index in [2.05, 4.69) is 49.8 Å². The van der Waals surface area contributed by atoms with Crippen molar-refractivity contribution in [2.24, 2.45) is 0 Å². The molecule has 0 unspecified atom stereocenters. The summed E-state index contributed by atoms with van der Waals surface area (Å²) in [6, 6.07) is 0. The quantitative estimate of drug-likeness (QED) is 0.531. The van der Waals surface area contributed by atoms with Crippen LogP contribution in [0.25, 0.3) is 0 Å². The van der Waals surface area contributed by atoms with Crippen LogP contribution >= 0.6 is 0 Å². The molecule has 0 atom stereocenters. The summed E-state index contributed by atoms with van der Waals surface area (Å²) in [6.07, 6.45) is 4.95. The Bertz CT molecular complexity index is 177. The van der Waals surface area contributed by atoms with E-state index in [4.69, 9.17) is 4.74 Å². The van der Waals surface area contributed by atoms with Crippen molar-refractivity contribution in [2.45, 2.75) is 46.2 Å². The summed E-state index contributed by atoms with van der Waals surface area (Å²) >= 11 is 0. The first kappa shape index (κ1) is 13.8. The van der Waals surface area contributed by atoms with Crippen LogP contribution in [-0.4, -0.2) is 27.3 Å². The molecule has 0 amide bonds. The van der Waals surface area contributed by atoms with Crippen LogP contribution in [0.1, 0.15) is 6.92 Å². The van der Waals surface area contributed by atoms with Gasteiger partial charge in [0.15, 0.2) is 6.26 Å². The van der Waals surface area contributed by atoms with Gasteiger partial charge >= 0.3 is 0 Å². The first-order valence-corrected chi connectivity index (χ1v) is 12.1. The maximum Gasteiger partial charge on any atom is 0.176 e. The summed E-state index contributed by atoms with van der Waals surface area (Å²) in [5.41, 5.74) is 0. The zero-order valence-electron chi connectivity index (χ0n) is 10.6. The standard InChI is InChI=1S/C10H24NOSi2/c1-8-12-10-9-11(13(2,3)4)14(5,6)7/h9H,8H2,1-7H3. The van der Waals surface area contributed by atoms with Gasteiger partial charge in [0.05, 0.1) is 6.61 Å². The fourth-order valence-electron chi connectivity index (χ4n) is 1.57. The van der Waals surface area contributed by atoms with Gasteiger partial charge in [-0.15, -0.1) is 0 Å². The molecule has 0 spiro atoms. The third-order valence-electron chi connectivity index (χ3n) is 1.85. The van der Waals surface area contributed by atoms with E-state index in [-0.39, 0.29) is 0 Å². The summed E-state index contributed by atoms with van der Waals surface area (Å²) in [5.74, 6) is 0. The highest BCUT2D eigenvalue weighted by Gasteiger charge is 2.31. The van der Waals surface area contributed by atoms with Crippen molar-refractivity contribution in [3.63, 3.8) is 0 Å². The van der Waals surface area contributed by atoms with Crippen molar-refractivity contribution in [3.05, 3.63) is 12.5 Å². The molecule has 4 heteroatoms. The summed E-state index contributed by atoms with van der Waals surface area (Å²) in [6.45, 7) is 16.8. The van der Waals surface area contributed by atoms with E-state index in [0.717, 1.165) is 0 Å². The molecule has 83 valence electrons. The average molecular weight is 230 g/mol. The minimum atomic E-state index is -1.28. The monoisotopic (exact) mass is 230 g/mol. The molecule has 0 saturated carbocycles. The predicted molar refractivity (Wildman–Crippen MR) is 68.0 cm³/mol. The van der Waals surface area contributed by atoms with Crippen molar-refractivity contribution < 1.29 is 4.74 Å². The van der Waals surface area contributed by atoms with E-state index in [0.29, 0.717) is 6.61 Å². The summed E-state index contributed by atoms with van der Waals surface area (Å²) < 4.78 is 7.68. The molecule has 0 aromatic carbocycles. The Balaban J connectivity index is 4.59. The van der Waals surface area contributed by atoms with Gasteiger partial charge in [0, 0.05) is 6.20 Å². The van der Waals surface area contributed by atoms with Gasteiger partial charge < -0.3 is 8.97 Å². The summed E-state index contributed by atoms with van der Waals surface area (Å²) in [7, 11) is -2.55. The molecule has 0 bridgehead atoms. The lowest BCUT2D eigenvalue weighted by Crippen LogP contribution is -2.55. The highest BCUT2D eigenvalue weighted by molar-refractivity contribution is 6.89. The molecule has 0 aliphatic rings. The van der Waals surface area contributed by atoms with E-state index < -0.39 is 16.5 Å². The topological polar surface area (TPSA) is 12.5 Å². The van der Waals surface area contributed by atoms with Gasteiger partial charge in [0.2, 0.25) is 0 Å². The number of hydrogen-bond donors (Lipinski definition) is 0. The van der Waals surface area contributed by atoms with Crippen LogP contribution in [0.2, 0.25) is 39.3 Å². The molecule has 1 radical (unpaired) electrons. The van der Waals surface area contributed by atoms with Crippen molar-refractivity contribution in [2.75, 3.05) is 6.61 Å². The Morgan fingerprint density at radius 3 is 1.79 bits per heavy atom. The Labute approximate surface area is 91.1 Å². The zero-order valence-corrected chi connectivity index (χ0v) is 12.6. The molecular weight excluding hydrogens is 206 g/mol. The first-order valence-electron chi connectivity index (χ1n) is 5.19. The smallest absolute Gasteiger partial charge is 0.176 e. The molecule has 0 rings (SSSR count). The van der Waals surface area contributed by atoms with Gasteiger partial charge in [-0.3, -0.25) is 0 Å². The van der Waals surface area contributed by atoms with Crippen LogP contribution in [-0.2, 0) is 4.74 Å². The molecule has 0 aromatic rings. The lowest BCUT2D eigenvalue weighted by molar-refractivity contribution is 0.243. The highest BCUT2D eigenvalue weighted by atomic mass is 28.4. The molecule has 2 nitrogen and oxygen atoms in total. The van der Waals surface area contributed by atoms with E-state index in [1.807, 2.05) is 13.1 Å². The highest BCUT2D eigenvalue weighted by Crippen LogP contribution is 2.19. The van der Waals surface area contributed by atoms with Crippen LogP contribution in [0.5, 0.6) is 0 Å². The third-order valence-corrected chi connectivity index (χ3v) is 9.03. The lowest BCUT2D eigenvalue weighted by atomic mass is 10.9. The second-order valence-corrected chi connectivity index (χ2v) is 15.5. The predicted octanol–water partition coefficient (Wildman–Crippen LogP) is 3.27. The Morgan fingerprint density at radius 2 is 1.50 bits per heavy atom. The van der Waals surface area contributed by atoms with Gasteiger partial charge in [-0.1, -0.05) is 39.3 Å². The molecular formula is C10H24NOSi2. The zero-order chi connectivity index (χ0) is 11.4. The van der Waals surface area contributed by atoms with E-state index >= 15 is 0 Å². The number of nitrogens with zero attached hydrogens (tertiary/aromatic N) is 1. The normalized spacial score (nSPS) is 13.4. The Hall–Kier alpha value is -0.226. The maximum absolute atomic E-state index is 5.15. The first-order chi connectivity index (χ1) is 6.19. The Morgan fingerprint density at radius 1 is 1.07 bits per heavy atom. The number of ether oxygens (including phenoxy) is 1. The fraction of sp³-hybridized carbons (Fsp3) is 0.800. The second kappa shape index (κ2) is 5.02. The minimum absolute atomic E-state index is 0.696. The van der Waals surface area contributed by atoms with Crippen molar-refractivity contribution in [1.29, 1.82) is 0 Å². The van der Waals surface area contributed by atoms with Gasteiger partial charge in [0.1, 0.15) is 16.5 Å². The lowest BCUT2D eigenvalue weighted by Gasteiger charge is -2.42. The van der Waals surface area contributed by atoms with Crippen molar-refractivity contribution in [1.82, 2.24) is 4.23 Å². The van der Waals surface area contributed by atoms with Gasteiger partial charge in [-0.05, 0) is 6.92 Å². The van der Waals surface area contributed by atoms with Crippen LogP contribution < -0.4 is 0 Å². The van der Waals surface area contributed by atoms with E-state index in [1.54, 1.807) is 0 Å². The molecule has 0 N–H and O–H groups in total. The summed E-state index contributed by atoms with van der Waals surface area (Å²) in [4.78, 5) is 0.